The van der Waals surface area contributed by atoms with E-state index >= 15 is 0 Å². The Kier molecular flexibility index (Phi) is 3.05. The second-order valence-electron chi connectivity index (χ2n) is 5.77. The van der Waals surface area contributed by atoms with Crippen molar-refractivity contribution in [1.29, 1.82) is 0 Å². The lowest BCUT2D eigenvalue weighted by Gasteiger charge is -2.19. The topological polar surface area (TPSA) is 44.9 Å². The van der Waals surface area contributed by atoms with Crippen LogP contribution >= 0.6 is 0 Å². The van der Waals surface area contributed by atoms with Crippen molar-refractivity contribution in [2.45, 2.75) is 32.7 Å². The van der Waals surface area contributed by atoms with Crippen molar-refractivity contribution in [3.05, 3.63) is 36.0 Å². The Hall–Kier alpha value is -1.77. The molecule has 1 amide bonds. The molecule has 0 spiro atoms. The van der Waals surface area contributed by atoms with E-state index in [4.69, 9.17) is 0 Å². The van der Waals surface area contributed by atoms with Gasteiger partial charge in [-0.25, -0.2) is 0 Å². The van der Waals surface area contributed by atoms with E-state index in [-0.39, 0.29) is 5.91 Å². The zero-order valence-electron chi connectivity index (χ0n) is 11.4. The fraction of sp³-hybridized carbons (Fsp3) is 0.438. The van der Waals surface area contributed by atoms with Crippen LogP contribution in [0.3, 0.4) is 0 Å². The van der Waals surface area contributed by atoms with Crippen molar-refractivity contribution >= 4 is 16.8 Å². The molecule has 1 aliphatic rings. The van der Waals surface area contributed by atoms with Crippen LogP contribution in [0.15, 0.2) is 30.5 Å². The molecule has 1 aliphatic carbocycles. The molecule has 3 atom stereocenters. The largest absolute Gasteiger partial charge is 0.361 e. The first kappa shape index (κ1) is 12.3. The molecule has 1 heterocycles. The molecule has 1 fully saturated rings. The maximum atomic E-state index is 12.3. The summed E-state index contributed by atoms with van der Waals surface area (Å²) in [7, 11) is 0. The van der Waals surface area contributed by atoms with Crippen LogP contribution in [-0.2, 0) is 0 Å². The smallest absolute Gasteiger partial charge is 0.251 e. The van der Waals surface area contributed by atoms with E-state index in [1.54, 1.807) is 0 Å². The first-order valence-electron chi connectivity index (χ1n) is 7.03. The molecule has 1 saturated carbocycles. The van der Waals surface area contributed by atoms with Crippen LogP contribution in [0.4, 0.5) is 0 Å². The Bertz CT molecular complexity index is 602. The Morgan fingerprint density at radius 2 is 2.11 bits per heavy atom. The molecular formula is C16H20N2O. The number of amides is 1. The molecule has 0 saturated heterocycles. The third kappa shape index (κ3) is 2.25. The van der Waals surface area contributed by atoms with Crippen LogP contribution in [0, 0.1) is 11.8 Å². The summed E-state index contributed by atoms with van der Waals surface area (Å²) >= 11 is 0. The number of nitrogens with one attached hydrogen (secondary N) is 2. The van der Waals surface area contributed by atoms with E-state index in [1.165, 1.54) is 6.42 Å². The standard InChI is InChI=1S/C16H20N2O/c1-10-3-6-14(11(10)2)18-16(19)13-5-4-12-7-8-17-15(12)9-13/h4-5,7-11,14,17H,3,6H2,1-2H3,(H,18,19). The first-order chi connectivity index (χ1) is 9.15. The van der Waals surface area contributed by atoms with Gasteiger partial charge in [-0.15, -0.1) is 0 Å². The summed E-state index contributed by atoms with van der Waals surface area (Å²) in [5, 5.41) is 4.32. The number of aromatic amines is 1. The summed E-state index contributed by atoms with van der Waals surface area (Å²) in [6.45, 7) is 4.50. The van der Waals surface area contributed by atoms with Crippen LogP contribution in [0.5, 0.6) is 0 Å². The van der Waals surface area contributed by atoms with Crippen molar-refractivity contribution in [2.24, 2.45) is 11.8 Å². The molecule has 3 rings (SSSR count). The maximum absolute atomic E-state index is 12.3. The highest BCUT2D eigenvalue weighted by Gasteiger charge is 2.30. The minimum atomic E-state index is 0.0439. The minimum Gasteiger partial charge on any atom is -0.361 e. The Morgan fingerprint density at radius 1 is 1.26 bits per heavy atom. The highest BCUT2D eigenvalue weighted by atomic mass is 16.1. The van der Waals surface area contributed by atoms with Gasteiger partial charge < -0.3 is 10.3 Å². The van der Waals surface area contributed by atoms with E-state index in [2.05, 4.69) is 24.1 Å². The quantitative estimate of drug-likeness (QED) is 0.850. The van der Waals surface area contributed by atoms with Crippen LogP contribution in [0.1, 0.15) is 37.0 Å². The number of carbonyl (C=O) groups is 1. The van der Waals surface area contributed by atoms with Gasteiger partial charge in [-0.05, 0) is 48.3 Å². The predicted octanol–water partition coefficient (Wildman–Crippen LogP) is 3.33. The van der Waals surface area contributed by atoms with Crippen molar-refractivity contribution < 1.29 is 4.79 Å². The van der Waals surface area contributed by atoms with Gasteiger partial charge in [0, 0.05) is 23.3 Å². The van der Waals surface area contributed by atoms with E-state index in [1.807, 2.05) is 30.5 Å². The average Bonchev–Trinajstić information content (AvgIpc) is 2.99. The van der Waals surface area contributed by atoms with Gasteiger partial charge in [0.15, 0.2) is 0 Å². The minimum absolute atomic E-state index is 0.0439. The number of hydrogen-bond donors (Lipinski definition) is 2. The van der Waals surface area contributed by atoms with Crippen LogP contribution < -0.4 is 5.32 Å². The second-order valence-corrected chi connectivity index (χ2v) is 5.77. The zero-order chi connectivity index (χ0) is 13.4. The highest BCUT2D eigenvalue weighted by Crippen LogP contribution is 2.31. The first-order valence-corrected chi connectivity index (χ1v) is 7.03. The van der Waals surface area contributed by atoms with Crippen molar-refractivity contribution in [3.8, 4) is 0 Å². The second kappa shape index (κ2) is 4.72. The molecule has 1 aromatic heterocycles. The van der Waals surface area contributed by atoms with Gasteiger partial charge in [-0.3, -0.25) is 4.79 Å². The lowest BCUT2D eigenvalue weighted by Crippen LogP contribution is -2.37. The number of benzene rings is 1. The lowest BCUT2D eigenvalue weighted by molar-refractivity contribution is 0.0927. The van der Waals surface area contributed by atoms with Gasteiger partial charge in [0.2, 0.25) is 0 Å². The summed E-state index contributed by atoms with van der Waals surface area (Å²) in [6, 6.07) is 8.14. The molecule has 19 heavy (non-hydrogen) atoms. The fourth-order valence-corrected chi connectivity index (χ4v) is 3.01. The number of hydrogen-bond acceptors (Lipinski definition) is 1. The molecule has 0 aliphatic heterocycles. The van der Waals surface area contributed by atoms with Gasteiger partial charge in [0.1, 0.15) is 0 Å². The third-order valence-electron chi connectivity index (χ3n) is 4.60. The van der Waals surface area contributed by atoms with Gasteiger partial charge >= 0.3 is 0 Å². The van der Waals surface area contributed by atoms with Crippen LogP contribution in [0.25, 0.3) is 10.9 Å². The lowest BCUT2D eigenvalue weighted by atomic mass is 9.97. The van der Waals surface area contributed by atoms with E-state index in [0.717, 1.165) is 22.9 Å². The molecule has 100 valence electrons. The van der Waals surface area contributed by atoms with Gasteiger partial charge in [-0.1, -0.05) is 19.9 Å². The molecule has 1 aromatic carbocycles. The molecular weight excluding hydrogens is 236 g/mol. The van der Waals surface area contributed by atoms with Gasteiger partial charge in [-0.2, -0.15) is 0 Å². The average molecular weight is 256 g/mol. The molecule has 0 radical (unpaired) electrons. The summed E-state index contributed by atoms with van der Waals surface area (Å²) in [4.78, 5) is 15.4. The van der Waals surface area contributed by atoms with Crippen LogP contribution in [0.2, 0.25) is 0 Å². The van der Waals surface area contributed by atoms with Crippen molar-refractivity contribution in [2.75, 3.05) is 0 Å². The summed E-state index contributed by atoms with van der Waals surface area (Å²) < 4.78 is 0. The molecule has 3 unspecified atom stereocenters. The number of H-pyrrole nitrogens is 1. The molecule has 3 nitrogen and oxygen atoms in total. The molecule has 2 N–H and O–H groups in total. The van der Waals surface area contributed by atoms with E-state index in [9.17, 15) is 4.79 Å². The number of rotatable bonds is 2. The zero-order valence-corrected chi connectivity index (χ0v) is 11.4. The van der Waals surface area contributed by atoms with E-state index in [0.29, 0.717) is 17.9 Å². The Balaban J connectivity index is 1.76. The predicted molar refractivity (Wildman–Crippen MR) is 77.1 cm³/mol. The normalized spacial score (nSPS) is 26.7. The maximum Gasteiger partial charge on any atom is 0.251 e. The molecule has 3 heteroatoms. The fourth-order valence-electron chi connectivity index (χ4n) is 3.01. The molecule has 2 aromatic rings. The Labute approximate surface area is 113 Å². The number of carbonyl (C=O) groups excluding carboxylic acids is 1. The van der Waals surface area contributed by atoms with Gasteiger partial charge in [0.05, 0.1) is 0 Å². The monoisotopic (exact) mass is 256 g/mol. The number of fused-ring (bicyclic) bond motifs is 1. The van der Waals surface area contributed by atoms with Crippen molar-refractivity contribution in [1.82, 2.24) is 10.3 Å². The Morgan fingerprint density at radius 3 is 2.84 bits per heavy atom. The SMILES string of the molecule is CC1CCC(NC(=O)c2ccc3cc[nH]c3c2)C1C. The third-order valence-corrected chi connectivity index (χ3v) is 4.60. The van der Waals surface area contributed by atoms with Crippen LogP contribution in [-0.4, -0.2) is 16.9 Å². The number of aromatic nitrogens is 1. The van der Waals surface area contributed by atoms with Crippen molar-refractivity contribution in [3.63, 3.8) is 0 Å². The summed E-state index contributed by atoms with van der Waals surface area (Å²) in [6.07, 6.45) is 4.20. The van der Waals surface area contributed by atoms with Gasteiger partial charge in [0.25, 0.3) is 5.91 Å². The summed E-state index contributed by atoms with van der Waals surface area (Å²) in [5.74, 6) is 1.32. The van der Waals surface area contributed by atoms with E-state index < -0.39 is 0 Å². The molecule has 0 bridgehead atoms. The highest BCUT2D eigenvalue weighted by molar-refractivity contribution is 5.98. The summed E-state index contributed by atoms with van der Waals surface area (Å²) in [5.41, 5.74) is 1.75.